The van der Waals surface area contributed by atoms with Crippen LogP contribution in [-0.4, -0.2) is 46.4 Å². The van der Waals surface area contributed by atoms with Crippen LogP contribution in [0.3, 0.4) is 0 Å². The van der Waals surface area contributed by atoms with Crippen LogP contribution in [0.5, 0.6) is 0 Å². The fourth-order valence-electron chi connectivity index (χ4n) is 3.82. The van der Waals surface area contributed by atoms with Crippen LogP contribution in [0.2, 0.25) is 10.0 Å². The van der Waals surface area contributed by atoms with Gasteiger partial charge >= 0.3 is 0 Å². The number of amides is 1. The van der Waals surface area contributed by atoms with E-state index >= 15 is 0 Å². The average molecular weight is 417 g/mol. The van der Waals surface area contributed by atoms with Crippen molar-refractivity contribution in [2.24, 2.45) is 0 Å². The molecule has 0 bridgehead atoms. The fraction of sp³-hybridized carbons (Fsp3) is 0.333. The smallest absolute Gasteiger partial charge is 0.272 e. The zero-order valence-corrected chi connectivity index (χ0v) is 17.7. The van der Waals surface area contributed by atoms with Gasteiger partial charge in [-0.05, 0) is 44.0 Å². The highest BCUT2D eigenvalue weighted by atomic mass is 35.5. The number of piperazine rings is 1. The van der Waals surface area contributed by atoms with Crippen LogP contribution in [0.4, 0.5) is 5.69 Å². The van der Waals surface area contributed by atoms with Gasteiger partial charge in [0.25, 0.3) is 5.91 Å². The molecular formula is C21H22Cl2N4O. The molecule has 4 rings (SSSR count). The van der Waals surface area contributed by atoms with Crippen molar-refractivity contribution in [3.8, 4) is 0 Å². The lowest BCUT2D eigenvalue weighted by Crippen LogP contribution is -2.49. The summed E-state index contributed by atoms with van der Waals surface area (Å²) in [4.78, 5) is 21.9. The lowest BCUT2D eigenvalue weighted by atomic mass is 10.1. The number of hydrogen-bond donors (Lipinski definition) is 0. The maximum atomic E-state index is 13.2. The topological polar surface area (TPSA) is 40.8 Å². The number of nitrogens with zero attached hydrogens (tertiary/aromatic N) is 4. The van der Waals surface area contributed by atoms with Gasteiger partial charge in [0.05, 0.1) is 15.7 Å². The second-order valence-corrected chi connectivity index (χ2v) is 8.09. The number of pyridine rings is 1. The van der Waals surface area contributed by atoms with Gasteiger partial charge in [0.2, 0.25) is 0 Å². The van der Waals surface area contributed by atoms with E-state index < -0.39 is 0 Å². The van der Waals surface area contributed by atoms with Crippen LogP contribution in [-0.2, 0) is 0 Å². The minimum Gasteiger partial charge on any atom is -0.368 e. The highest BCUT2D eigenvalue weighted by Crippen LogP contribution is 2.27. The molecule has 0 atom stereocenters. The third-order valence-corrected chi connectivity index (χ3v) is 5.99. The van der Waals surface area contributed by atoms with Gasteiger partial charge in [-0.2, -0.15) is 0 Å². The molecule has 1 fully saturated rings. The van der Waals surface area contributed by atoms with E-state index in [1.54, 1.807) is 16.7 Å². The third-order valence-electron chi connectivity index (χ3n) is 5.50. The predicted molar refractivity (Wildman–Crippen MR) is 114 cm³/mol. The van der Waals surface area contributed by atoms with Crippen LogP contribution in [0.15, 0.2) is 30.5 Å². The Hall–Kier alpha value is -2.24. The predicted octanol–water partition coefficient (Wildman–Crippen LogP) is 4.53. The quantitative estimate of drug-likeness (QED) is 0.615. The highest BCUT2D eigenvalue weighted by molar-refractivity contribution is 6.36. The number of benzene rings is 1. The Morgan fingerprint density at radius 2 is 1.79 bits per heavy atom. The molecule has 1 aliphatic heterocycles. The molecule has 5 nitrogen and oxygen atoms in total. The van der Waals surface area contributed by atoms with E-state index in [0.29, 0.717) is 40.2 Å². The Kier molecular flexibility index (Phi) is 4.98. The molecule has 2 aromatic heterocycles. The van der Waals surface area contributed by atoms with Gasteiger partial charge in [-0.25, -0.2) is 4.98 Å². The lowest BCUT2D eigenvalue weighted by Gasteiger charge is -2.37. The van der Waals surface area contributed by atoms with E-state index in [9.17, 15) is 4.79 Å². The molecule has 1 aliphatic rings. The molecule has 1 amide bonds. The fourth-order valence-corrected chi connectivity index (χ4v) is 4.34. The van der Waals surface area contributed by atoms with Crippen molar-refractivity contribution >= 4 is 40.4 Å². The molecule has 0 radical (unpaired) electrons. The molecule has 0 spiro atoms. The van der Waals surface area contributed by atoms with Crippen molar-refractivity contribution in [1.82, 2.24) is 14.3 Å². The molecule has 146 valence electrons. The number of halogens is 2. The normalized spacial score (nSPS) is 14.8. The zero-order valence-electron chi connectivity index (χ0n) is 16.2. The van der Waals surface area contributed by atoms with Crippen LogP contribution in [0.1, 0.15) is 27.3 Å². The Bertz CT molecular complexity index is 1070. The summed E-state index contributed by atoms with van der Waals surface area (Å²) in [6.45, 7) is 9.03. The Balaban J connectivity index is 1.57. The second kappa shape index (κ2) is 7.30. The van der Waals surface area contributed by atoms with E-state index in [1.165, 1.54) is 16.8 Å². The average Bonchev–Trinajstić information content (AvgIpc) is 3.00. The largest absolute Gasteiger partial charge is 0.368 e. The first-order chi connectivity index (χ1) is 13.4. The maximum absolute atomic E-state index is 13.2. The van der Waals surface area contributed by atoms with Crippen molar-refractivity contribution < 1.29 is 4.79 Å². The summed E-state index contributed by atoms with van der Waals surface area (Å²) in [6.07, 6.45) is 1.70. The van der Waals surface area contributed by atoms with Crippen LogP contribution in [0, 0.1) is 20.8 Å². The van der Waals surface area contributed by atoms with E-state index in [4.69, 9.17) is 23.2 Å². The van der Waals surface area contributed by atoms with Crippen molar-refractivity contribution in [2.75, 3.05) is 31.1 Å². The number of carbonyl (C=O) groups excluding carboxylic acids is 1. The second-order valence-electron chi connectivity index (χ2n) is 7.24. The molecule has 1 aromatic carbocycles. The Morgan fingerprint density at radius 3 is 2.50 bits per heavy atom. The molecule has 0 saturated carbocycles. The highest BCUT2D eigenvalue weighted by Gasteiger charge is 2.27. The third kappa shape index (κ3) is 3.23. The van der Waals surface area contributed by atoms with Gasteiger partial charge in [-0.3, -0.25) is 9.20 Å². The summed E-state index contributed by atoms with van der Waals surface area (Å²) in [5.41, 5.74) is 5.57. The summed E-state index contributed by atoms with van der Waals surface area (Å²) in [5, 5.41) is 0.915. The number of fused-ring (bicyclic) bond motifs is 1. The van der Waals surface area contributed by atoms with Crippen molar-refractivity contribution in [2.45, 2.75) is 20.8 Å². The first kappa shape index (κ1) is 19.1. The first-order valence-corrected chi connectivity index (χ1v) is 10.1. The van der Waals surface area contributed by atoms with Crippen molar-refractivity contribution in [1.29, 1.82) is 0 Å². The number of aryl methyl sites for hydroxylation is 2. The summed E-state index contributed by atoms with van der Waals surface area (Å²) >= 11 is 12.4. The molecule has 0 N–H and O–H groups in total. The molecular weight excluding hydrogens is 395 g/mol. The van der Waals surface area contributed by atoms with Gasteiger partial charge in [0.15, 0.2) is 5.65 Å². The summed E-state index contributed by atoms with van der Waals surface area (Å²) in [5.74, 6) is -0.0380. The van der Waals surface area contributed by atoms with Crippen LogP contribution >= 0.6 is 23.2 Å². The molecule has 28 heavy (non-hydrogen) atoms. The molecule has 3 heterocycles. The summed E-state index contributed by atoms with van der Waals surface area (Å²) in [6, 6.07) is 8.01. The summed E-state index contributed by atoms with van der Waals surface area (Å²) in [7, 11) is 0. The Labute approximate surface area is 174 Å². The minimum atomic E-state index is -0.0380. The van der Waals surface area contributed by atoms with Gasteiger partial charge in [0, 0.05) is 38.1 Å². The number of anilines is 1. The van der Waals surface area contributed by atoms with E-state index in [0.717, 1.165) is 13.1 Å². The lowest BCUT2D eigenvalue weighted by molar-refractivity contribution is 0.0739. The standard InChI is InChI=1S/C21H22Cl2N4O/c1-13-5-4-6-18(14(13)2)25-7-9-26(10-8-25)21(28)19-15(3)24-20-17(23)11-16(22)12-27(19)20/h4-6,11-12H,7-10H2,1-3H3. The van der Waals surface area contributed by atoms with Gasteiger partial charge in [-0.15, -0.1) is 0 Å². The number of rotatable bonds is 2. The van der Waals surface area contributed by atoms with Crippen molar-refractivity contribution in [3.05, 3.63) is 63.0 Å². The minimum absolute atomic E-state index is 0.0380. The molecule has 0 unspecified atom stereocenters. The maximum Gasteiger partial charge on any atom is 0.272 e. The molecule has 0 aliphatic carbocycles. The summed E-state index contributed by atoms with van der Waals surface area (Å²) < 4.78 is 1.71. The zero-order chi connectivity index (χ0) is 20.0. The van der Waals surface area contributed by atoms with Gasteiger partial charge < -0.3 is 9.80 Å². The van der Waals surface area contributed by atoms with E-state index in [-0.39, 0.29) is 5.91 Å². The van der Waals surface area contributed by atoms with E-state index in [1.807, 2.05) is 11.8 Å². The molecule has 7 heteroatoms. The van der Waals surface area contributed by atoms with Crippen molar-refractivity contribution in [3.63, 3.8) is 0 Å². The van der Waals surface area contributed by atoms with Crippen LogP contribution in [0.25, 0.3) is 5.65 Å². The monoisotopic (exact) mass is 416 g/mol. The van der Waals surface area contributed by atoms with Gasteiger partial charge in [-0.1, -0.05) is 35.3 Å². The number of imidazole rings is 1. The number of carbonyl (C=O) groups is 1. The number of aromatic nitrogens is 2. The van der Waals surface area contributed by atoms with E-state index in [2.05, 4.69) is 41.9 Å². The molecule has 3 aromatic rings. The first-order valence-electron chi connectivity index (χ1n) is 9.31. The Morgan fingerprint density at radius 1 is 1.07 bits per heavy atom. The SMILES string of the molecule is Cc1cccc(N2CCN(C(=O)c3c(C)nc4c(Cl)cc(Cl)cn34)CC2)c1C. The van der Waals surface area contributed by atoms with Crippen LogP contribution < -0.4 is 4.90 Å². The van der Waals surface area contributed by atoms with Gasteiger partial charge in [0.1, 0.15) is 5.69 Å². The number of hydrogen-bond acceptors (Lipinski definition) is 3. The molecule has 1 saturated heterocycles.